The van der Waals surface area contributed by atoms with E-state index in [1.165, 1.54) is 0 Å². The molecule has 1 aromatic heterocycles. The summed E-state index contributed by atoms with van der Waals surface area (Å²) in [5, 5.41) is 6.06. The van der Waals surface area contributed by atoms with Gasteiger partial charge in [-0.05, 0) is 48.9 Å². The Hall–Kier alpha value is -3.67. The van der Waals surface area contributed by atoms with Crippen LogP contribution in [0.5, 0.6) is 0 Å². The standard InChI is InChI=1S/C22H21N3O3/c1-2-28-22(27)17-8-10-18(11-9-17)25-19-12-13-23-20(14-19)21(26)24-15-16-6-4-3-5-7-16/h3-14H,2,15H2,1H3,(H,23,25)(H,24,26). The molecular formula is C22H21N3O3. The van der Waals surface area contributed by atoms with Crippen LogP contribution < -0.4 is 10.6 Å². The number of anilines is 2. The van der Waals surface area contributed by atoms with Crippen molar-refractivity contribution in [1.29, 1.82) is 0 Å². The summed E-state index contributed by atoms with van der Waals surface area (Å²) in [6.45, 7) is 2.55. The van der Waals surface area contributed by atoms with Crippen LogP contribution in [-0.4, -0.2) is 23.5 Å². The van der Waals surface area contributed by atoms with Crippen LogP contribution in [0.15, 0.2) is 72.9 Å². The number of carbonyl (C=O) groups excluding carboxylic acids is 2. The van der Waals surface area contributed by atoms with Crippen LogP contribution in [0.2, 0.25) is 0 Å². The van der Waals surface area contributed by atoms with Gasteiger partial charge < -0.3 is 15.4 Å². The van der Waals surface area contributed by atoms with Crippen molar-refractivity contribution >= 4 is 23.3 Å². The highest BCUT2D eigenvalue weighted by atomic mass is 16.5. The van der Waals surface area contributed by atoms with Crippen LogP contribution in [0.25, 0.3) is 0 Å². The molecule has 0 saturated heterocycles. The first-order valence-corrected chi connectivity index (χ1v) is 8.98. The number of amides is 1. The van der Waals surface area contributed by atoms with Crippen LogP contribution in [0.1, 0.15) is 33.3 Å². The fourth-order valence-corrected chi connectivity index (χ4v) is 2.57. The van der Waals surface area contributed by atoms with Gasteiger partial charge in [-0.3, -0.25) is 9.78 Å². The smallest absolute Gasteiger partial charge is 0.338 e. The topological polar surface area (TPSA) is 80.3 Å². The number of aromatic nitrogens is 1. The molecule has 3 rings (SSSR count). The summed E-state index contributed by atoms with van der Waals surface area (Å²) in [6, 6.07) is 20.1. The Labute approximate surface area is 163 Å². The van der Waals surface area contributed by atoms with Gasteiger partial charge >= 0.3 is 5.97 Å². The van der Waals surface area contributed by atoms with E-state index in [-0.39, 0.29) is 11.9 Å². The maximum absolute atomic E-state index is 12.4. The molecule has 0 unspecified atom stereocenters. The van der Waals surface area contributed by atoms with E-state index in [1.54, 1.807) is 49.5 Å². The molecule has 28 heavy (non-hydrogen) atoms. The van der Waals surface area contributed by atoms with Crippen LogP contribution in [-0.2, 0) is 11.3 Å². The minimum absolute atomic E-state index is 0.245. The van der Waals surface area contributed by atoms with E-state index in [2.05, 4.69) is 15.6 Å². The molecular weight excluding hydrogens is 354 g/mol. The quantitative estimate of drug-likeness (QED) is 0.612. The van der Waals surface area contributed by atoms with Crippen LogP contribution >= 0.6 is 0 Å². The van der Waals surface area contributed by atoms with E-state index in [9.17, 15) is 9.59 Å². The third-order valence-electron chi connectivity index (χ3n) is 3.97. The molecule has 1 amide bonds. The lowest BCUT2D eigenvalue weighted by Gasteiger charge is -2.09. The number of hydrogen-bond acceptors (Lipinski definition) is 5. The van der Waals surface area contributed by atoms with Gasteiger partial charge in [0.25, 0.3) is 5.91 Å². The first-order valence-electron chi connectivity index (χ1n) is 8.98. The molecule has 0 atom stereocenters. The Morgan fingerprint density at radius 3 is 2.43 bits per heavy atom. The normalized spacial score (nSPS) is 10.2. The number of nitrogens with zero attached hydrogens (tertiary/aromatic N) is 1. The van der Waals surface area contributed by atoms with Gasteiger partial charge in [0.1, 0.15) is 5.69 Å². The highest BCUT2D eigenvalue weighted by Crippen LogP contribution is 2.18. The second kappa shape index (κ2) is 9.32. The average molecular weight is 375 g/mol. The summed E-state index contributed by atoms with van der Waals surface area (Å²) >= 11 is 0. The van der Waals surface area contributed by atoms with Crippen molar-refractivity contribution in [3.8, 4) is 0 Å². The average Bonchev–Trinajstić information content (AvgIpc) is 2.73. The highest BCUT2D eigenvalue weighted by molar-refractivity contribution is 5.93. The molecule has 0 radical (unpaired) electrons. The SMILES string of the molecule is CCOC(=O)c1ccc(Nc2ccnc(C(=O)NCc3ccccc3)c2)cc1. The van der Waals surface area contributed by atoms with E-state index in [1.807, 2.05) is 30.3 Å². The zero-order valence-corrected chi connectivity index (χ0v) is 15.5. The van der Waals surface area contributed by atoms with Crippen molar-refractivity contribution < 1.29 is 14.3 Å². The van der Waals surface area contributed by atoms with Gasteiger partial charge in [0.15, 0.2) is 0 Å². The zero-order chi connectivity index (χ0) is 19.8. The molecule has 0 aliphatic carbocycles. The highest BCUT2D eigenvalue weighted by Gasteiger charge is 2.09. The summed E-state index contributed by atoms with van der Waals surface area (Å²) in [7, 11) is 0. The largest absolute Gasteiger partial charge is 0.462 e. The molecule has 2 N–H and O–H groups in total. The first kappa shape index (κ1) is 19.1. The predicted molar refractivity (Wildman–Crippen MR) is 108 cm³/mol. The number of ether oxygens (including phenoxy) is 1. The first-order chi connectivity index (χ1) is 13.7. The molecule has 0 aliphatic heterocycles. The maximum Gasteiger partial charge on any atom is 0.338 e. The summed E-state index contributed by atoms with van der Waals surface area (Å²) in [4.78, 5) is 28.2. The van der Waals surface area contributed by atoms with Gasteiger partial charge in [0, 0.05) is 24.1 Å². The lowest BCUT2D eigenvalue weighted by Crippen LogP contribution is -2.23. The Kier molecular flexibility index (Phi) is 6.36. The molecule has 3 aromatic rings. The van der Waals surface area contributed by atoms with Crippen LogP contribution in [0.3, 0.4) is 0 Å². The summed E-state index contributed by atoms with van der Waals surface area (Å²) in [5.41, 5.74) is 3.35. The Morgan fingerprint density at radius 2 is 1.71 bits per heavy atom. The molecule has 142 valence electrons. The number of carbonyl (C=O) groups is 2. The Morgan fingerprint density at radius 1 is 0.964 bits per heavy atom. The molecule has 0 saturated carbocycles. The second-order valence-electron chi connectivity index (χ2n) is 6.02. The number of pyridine rings is 1. The van der Waals surface area contributed by atoms with Gasteiger partial charge in [0.2, 0.25) is 0 Å². The van der Waals surface area contributed by atoms with E-state index in [4.69, 9.17) is 4.74 Å². The number of hydrogen-bond donors (Lipinski definition) is 2. The van der Waals surface area contributed by atoms with Crippen molar-refractivity contribution in [3.05, 3.63) is 89.7 Å². The molecule has 2 aromatic carbocycles. The maximum atomic E-state index is 12.4. The third-order valence-corrected chi connectivity index (χ3v) is 3.97. The number of nitrogens with one attached hydrogen (secondary N) is 2. The van der Waals surface area contributed by atoms with Crippen molar-refractivity contribution in [2.24, 2.45) is 0 Å². The van der Waals surface area contributed by atoms with Gasteiger partial charge in [-0.1, -0.05) is 30.3 Å². The molecule has 0 spiro atoms. The van der Waals surface area contributed by atoms with Gasteiger partial charge in [0.05, 0.1) is 12.2 Å². The fraction of sp³-hybridized carbons (Fsp3) is 0.136. The molecule has 6 nitrogen and oxygen atoms in total. The summed E-state index contributed by atoms with van der Waals surface area (Å²) in [5.74, 6) is -0.597. The van der Waals surface area contributed by atoms with Crippen molar-refractivity contribution in [2.75, 3.05) is 11.9 Å². The van der Waals surface area contributed by atoms with Crippen molar-refractivity contribution in [1.82, 2.24) is 10.3 Å². The summed E-state index contributed by atoms with van der Waals surface area (Å²) < 4.78 is 4.97. The van der Waals surface area contributed by atoms with Crippen LogP contribution in [0, 0.1) is 0 Å². The van der Waals surface area contributed by atoms with Gasteiger partial charge in [-0.25, -0.2) is 4.79 Å². The van der Waals surface area contributed by atoms with Gasteiger partial charge in [-0.15, -0.1) is 0 Å². The Bertz CT molecular complexity index is 941. The minimum atomic E-state index is -0.352. The van der Waals surface area contributed by atoms with Crippen molar-refractivity contribution in [3.63, 3.8) is 0 Å². The number of rotatable bonds is 7. The van der Waals surface area contributed by atoms with Crippen molar-refractivity contribution in [2.45, 2.75) is 13.5 Å². The zero-order valence-electron chi connectivity index (χ0n) is 15.5. The van der Waals surface area contributed by atoms with E-state index >= 15 is 0 Å². The molecule has 0 aliphatic rings. The molecule has 0 bridgehead atoms. The fourth-order valence-electron chi connectivity index (χ4n) is 2.57. The molecule has 6 heteroatoms. The Balaban J connectivity index is 1.62. The molecule has 1 heterocycles. The minimum Gasteiger partial charge on any atom is -0.462 e. The number of benzene rings is 2. The van der Waals surface area contributed by atoms with E-state index < -0.39 is 0 Å². The third kappa shape index (κ3) is 5.17. The lowest BCUT2D eigenvalue weighted by molar-refractivity contribution is 0.0526. The molecule has 0 fully saturated rings. The number of esters is 1. The second-order valence-corrected chi connectivity index (χ2v) is 6.02. The lowest BCUT2D eigenvalue weighted by atomic mass is 10.2. The van der Waals surface area contributed by atoms with E-state index in [0.29, 0.717) is 24.4 Å². The van der Waals surface area contributed by atoms with E-state index in [0.717, 1.165) is 16.9 Å². The van der Waals surface area contributed by atoms with Gasteiger partial charge in [-0.2, -0.15) is 0 Å². The van der Waals surface area contributed by atoms with Crippen LogP contribution in [0.4, 0.5) is 11.4 Å². The predicted octanol–water partition coefficient (Wildman–Crippen LogP) is 3.93. The monoisotopic (exact) mass is 375 g/mol. The summed E-state index contributed by atoms with van der Waals surface area (Å²) in [6.07, 6.45) is 1.58.